The number of halogens is 1. The van der Waals surface area contributed by atoms with Crippen molar-refractivity contribution < 1.29 is 14.7 Å². The second kappa shape index (κ2) is 7.49. The summed E-state index contributed by atoms with van der Waals surface area (Å²) in [5.74, 6) is -0.108. The van der Waals surface area contributed by atoms with E-state index in [1.807, 2.05) is 24.3 Å². The predicted octanol–water partition coefficient (Wildman–Crippen LogP) is 3.97. The molecule has 4 nitrogen and oxygen atoms in total. The van der Waals surface area contributed by atoms with Gasteiger partial charge in [0.1, 0.15) is 4.88 Å². The second-order valence-electron chi connectivity index (χ2n) is 4.14. The van der Waals surface area contributed by atoms with Crippen molar-refractivity contribution >= 4 is 51.6 Å². The molecule has 0 saturated heterocycles. The van der Waals surface area contributed by atoms with Gasteiger partial charge in [0.2, 0.25) is 5.91 Å². The summed E-state index contributed by atoms with van der Waals surface area (Å²) >= 11 is 8.33. The maximum absolute atomic E-state index is 11.7. The average Bonchev–Trinajstić information content (AvgIpc) is 2.90. The molecule has 1 aromatic heterocycles. The van der Waals surface area contributed by atoms with Crippen LogP contribution in [0.15, 0.2) is 36.4 Å². The van der Waals surface area contributed by atoms with Gasteiger partial charge in [0.15, 0.2) is 0 Å². The van der Waals surface area contributed by atoms with Crippen molar-refractivity contribution in [2.45, 2.75) is 5.75 Å². The van der Waals surface area contributed by atoms with E-state index in [4.69, 9.17) is 16.7 Å². The normalized spacial score (nSPS) is 10.3. The van der Waals surface area contributed by atoms with Crippen LogP contribution in [-0.4, -0.2) is 22.7 Å². The SMILES string of the molecule is O=C(CSCc1ccc(Cl)cc1)Nc1ccc(C(=O)O)s1. The third-order valence-electron chi connectivity index (χ3n) is 2.49. The highest BCUT2D eigenvalue weighted by molar-refractivity contribution is 7.99. The highest BCUT2D eigenvalue weighted by atomic mass is 35.5. The molecule has 0 atom stereocenters. The fourth-order valence-electron chi connectivity index (χ4n) is 1.54. The first-order chi connectivity index (χ1) is 10.0. The van der Waals surface area contributed by atoms with E-state index in [0.717, 1.165) is 22.7 Å². The Labute approximate surface area is 135 Å². The topological polar surface area (TPSA) is 66.4 Å². The van der Waals surface area contributed by atoms with Gasteiger partial charge >= 0.3 is 5.97 Å². The van der Waals surface area contributed by atoms with E-state index in [2.05, 4.69) is 5.32 Å². The molecule has 0 radical (unpaired) electrons. The third kappa shape index (κ3) is 5.08. The van der Waals surface area contributed by atoms with Crippen LogP contribution < -0.4 is 5.32 Å². The molecule has 2 aromatic rings. The minimum absolute atomic E-state index is 0.146. The van der Waals surface area contributed by atoms with E-state index in [1.165, 1.54) is 17.8 Å². The summed E-state index contributed by atoms with van der Waals surface area (Å²) in [5.41, 5.74) is 1.10. The smallest absolute Gasteiger partial charge is 0.345 e. The van der Waals surface area contributed by atoms with Gasteiger partial charge in [-0.25, -0.2) is 4.79 Å². The van der Waals surface area contributed by atoms with Crippen molar-refractivity contribution in [2.24, 2.45) is 0 Å². The third-order valence-corrected chi connectivity index (χ3v) is 4.74. The zero-order valence-corrected chi connectivity index (χ0v) is 13.2. The molecular weight excluding hydrogens is 330 g/mol. The number of aromatic carboxylic acids is 1. The van der Waals surface area contributed by atoms with Crippen LogP contribution in [0.1, 0.15) is 15.2 Å². The van der Waals surface area contributed by atoms with Crippen molar-refractivity contribution in [3.8, 4) is 0 Å². The lowest BCUT2D eigenvalue weighted by Crippen LogP contribution is -2.13. The van der Waals surface area contributed by atoms with Crippen molar-refractivity contribution in [1.82, 2.24) is 0 Å². The standard InChI is InChI=1S/C14H12ClNO3S2/c15-10-3-1-9(2-4-10)7-20-8-12(17)16-13-6-5-11(21-13)14(18)19/h1-6H,7-8H2,(H,16,17)(H,18,19). The lowest BCUT2D eigenvalue weighted by atomic mass is 10.2. The maximum Gasteiger partial charge on any atom is 0.345 e. The zero-order chi connectivity index (χ0) is 15.2. The summed E-state index contributed by atoms with van der Waals surface area (Å²) in [4.78, 5) is 22.7. The summed E-state index contributed by atoms with van der Waals surface area (Å²) in [6.45, 7) is 0. The van der Waals surface area contributed by atoms with Gasteiger partial charge in [0.25, 0.3) is 0 Å². The number of amides is 1. The molecule has 1 heterocycles. The van der Waals surface area contributed by atoms with Gasteiger partial charge in [-0.05, 0) is 29.8 Å². The first kappa shape index (κ1) is 15.9. The second-order valence-corrected chi connectivity index (χ2v) is 6.64. The van der Waals surface area contributed by atoms with Gasteiger partial charge in [-0.3, -0.25) is 4.79 Å². The van der Waals surface area contributed by atoms with Gasteiger partial charge in [-0.1, -0.05) is 23.7 Å². The van der Waals surface area contributed by atoms with Crippen LogP contribution in [0.3, 0.4) is 0 Å². The Morgan fingerprint density at radius 3 is 2.52 bits per heavy atom. The van der Waals surface area contributed by atoms with Crippen LogP contribution in [0.5, 0.6) is 0 Å². The summed E-state index contributed by atoms with van der Waals surface area (Å²) in [6.07, 6.45) is 0. The average molecular weight is 342 g/mol. The van der Waals surface area contributed by atoms with Crippen LogP contribution >= 0.6 is 34.7 Å². The molecule has 2 N–H and O–H groups in total. The van der Waals surface area contributed by atoms with Crippen LogP contribution in [0.25, 0.3) is 0 Å². The molecule has 0 saturated carbocycles. The number of carbonyl (C=O) groups is 2. The van der Waals surface area contributed by atoms with Crippen LogP contribution in [0.2, 0.25) is 5.02 Å². The number of hydrogen-bond acceptors (Lipinski definition) is 4. The first-order valence-corrected chi connectivity index (χ1v) is 8.34. The molecule has 110 valence electrons. The van der Waals surface area contributed by atoms with Crippen molar-refractivity contribution in [2.75, 3.05) is 11.1 Å². The largest absolute Gasteiger partial charge is 0.477 e. The van der Waals surface area contributed by atoms with Crippen molar-refractivity contribution in [1.29, 1.82) is 0 Å². The van der Waals surface area contributed by atoms with E-state index in [0.29, 0.717) is 15.8 Å². The lowest BCUT2D eigenvalue weighted by molar-refractivity contribution is -0.113. The number of nitrogens with one attached hydrogen (secondary N) is 1. The predicted molar refractivity (Wildman–Crippen MR) is 87.5 cm³/mol. The Hall–Kier alpha value is -1.50. The lowest BCUT2D eigenvalue weighted by Gasteiger charge is -2.03. The quantitative estimate of drug-likeness (QED) is 0.834. The van der Waals surface area contributed by atoms with Gasteiger partial charge in [-0.2, -0.15) is 0 Å². The number of carboxylic acids is 1. The number of hydrogen-bond donors (Lipinski definition) is 2. The van der Waals surface area contributed by atoms with E-state index in [-0.39, 0.29) is 10.8 Å². The highest BCUT2D eigenvalue weighted by Gasteiger charge is 2.09. The molecule has 2 rings (SSSR count). The number of thiophene rings is 1. The molecule has 0 aliphatic rings. The first-order valence-electron chi connectivity index (χ1n) is 6.00. The molecule has 0 bridgehead atoms. The number of carboxylic acid groups (broad SMARTS) is 1. The molecule has 1 amide bonds. The Balaban J connectivity index is 1.76. The van der Waals surface area contributed by atoms with Crippen molar-refractivity contribution in [3.05, 3.63) is 51.9 Å². The van der Waals surface area contributed by atoms with E-state index in [9.17, 15) is 9.59 Å². The Kier molecular flexibility index (Phi) is 5.67. The van der Waals surface area contributed by atoms with E-state index < -0.39 is 5.97 Å². The van der Waals surface area contributed by atoms with Gasteiger partial charge in [0.05, 0.1) is 10.8 Å². The molecular formula is C14H12ClNO3S2. The Bertz CT molecular complexity index is 640. The fourth-order valence-corrected chi connectivity index (χ4v) is 3.21. The number of anilines is 1. The number of benzene rings is 1. The zero-order valence-electron chi connectivity index (χ0n) is 10.8. The summed E-state index contributed by atoms with van der Waals surface area (Å²) < 4.78 is 0. The van der Waals surface area contributed by atoms with Gasteiger partial charge in [0, 0.05) is 10.8 Å². The molecule has 0 spiro atoms. The van der Waals surface area contributed by atoms with Crippen LogP contribution in [0, 0.1) is 0 Å². The van der Waals surface area contributed by atoms with Crippen LogP contribution in [0.4, 0.5) is 5.00 Å². The summed E-state index contributed by atoms with van der Waals surface area (Å²) in [7, 11) is 0. The number of rotatable bonds is 6. The van der Waals surface area contributed by atoms with Crippen LogP contribution in [-0.2, 0) is 10.5 Å². The number of thioether (sulfide) groups is 1. The highest BCUT2D eigenvalue weighted by Crippen LogP contribution is 2.22. The minimum atomic E-state index is -0.988. The van der Waals surface area contributed by atoms with Gasteiger partial charge < -0.3 is 10.4 Å². The molecule has 21 heavy (non-hydrogen) atoms. The summed E-state index contributed by atoms with van der Waals surface area (Å²) in [6, 6.07) is 10.5. The molecule has 0 aliphatic heterocycles. The van der Waals surface area contributed by atoms with E-state index >= 15 is 0 Å². The molecule has 0 aliphatic carbocycles. The monoisotopic (exact) mass is 341 g/mol. The van der Waals surface area contributed by atoms with Crippen molar-refractivity contribution in [3.63, 3.8) is 0 Å². The Morgan fingerprint density at radius 2 is 1.90 bits per heavy atom. The minimum Gasteiger partial charge on any atom is -0.477 e. The Morgan fingerprint density at radius 1 is 1.19 bits per heavy atom. The maximum atomic E-state index is 11.7. The fraction of sp³-hybridized carbons (Fsp3) is 0.143. The molecule has 0 unspecified atom stereocenters. The molecule has 7 heteroatoms. The van der Waals surface area contributed by atoms with Gasteiger partial charge in [-0.15, -0.1) is 23.1 Å². The molecule has 0 fully saturated rings. The van der Waals surface area contributed by atoms with E-state index in [1.54, 1.807) is 6.07 Å². The number of carbonyl (C=O) groups excluding carboxylic acids is 1. The molecule has 1 aromatic carbocycles. The summed E-state index contributed by atoms with van der Waals surface area (Å²) in [5, 5.41) is 12.7.